The maximum atomic E-state index is 11.6. The minimum Gasteiger partial charge on any atom is -0.468 e. The number of thioether (sulfide) groups is 1. The Bertz CT molecular complexity index is 187. The predicted molar refractivity (Wildman–Crippen MR) is 66.3 cm³/mol. The molecule has 0 fully saturated rings. The van der Waals surface area contributed by atoms with Crippen molar-refractivity contribution >= 4 is 17.7 Å². The molecular weight excluding hydrogens is 210 g/mol. The molecule has 0 saturated heterocycles. The molecule has 0 bridgehead atoms. The highest BCUT2D eigenvalue weighted by Crippen LogP contribution is 2.16. The molecule has 3 nitrogen and oxygen atoms in total. The zero-order chi connectivity index (χ0) is 11.7. The number of rotatable bonds is 8. The molecule has 15 heavy (non-hydrogen) atoms. The van der Waals surface area contributed by atoms with Crippen LogP contribution < -0.4 is 5.32 Å². The number of likely N-dealkylation sites (N-methyl/N-ethyl adjacent to an activating group) is 1. The van der Waals surface area contributed by atoms with Crippen LogP contribution in [0.4, 0.5) is 0 Å². The molecule has 4 heteroatoms. The molecule has 1 N–H and O–H groups in total. The first-order valence-electron chi connectivity index (χ1n) is 5.43. The van der Waals surface area contributed by atoms with Gasteiger partial charge in [0.1, 0.15) is 5.54 Å². The second-order valence-electron chi connectivity index (χ2n) is 3.80. The summed E-state index contributed by atoms with van der Waals surface area (Å²) in [7, 11) is 1.44. The number of hydrogen-bond donors (Lipinski definition) is 1. The van der Waals surface area contributed by atoms with E-state index in [1.165, 1.54) is 7.11 Å². The Morgan fingerprint density at radius 2 is 2.13 bits per heavy atom. The second kappa shape index (κ2) is 7.99. The van der Waals surface area contributed by atoms with Gasteiger partial charge in [-0.1, -0.05) is 13.3 Å². The average molecular weight is 233 g/mol. The standard InChI is InChI=1S/C11H23NO2S/c1-5-12-11(2,10(13)14-3)8-6-7-9-15-4/h12H,5-9H2,1-4H3. The summed E-state index contributed by atoms with van der Waals surface area (Å²) in [6, 6.07) is 0. The number of carbonyl (C=O) groups excluding carboxylic acids is 1. The lowest BCUT2D eigenvalue weighted by atomic mass is 9.95. The third-order valence-electron chi connectivity index (χ3n) is 2.48. The van der Waals surface area contributed by atoms with Crippen LogP contribution in [0, 0.1) is 0 Å². The van der Waals surface area contributed by atoms with Gasteiger partial charge in [-0.2, -0.15) is 11.8 Å². The minimum absolute atomic E-state index is 0.159. The molecule has 0 heterocycles. The van der Waals surface area contributed by atoms with E-state index >= 15 is 0 Å². The lowest BCUT2D eigenvalue weighted by Gasteiger charge is -2.27. The van der Waals surface area contributed by atoms with Crippen LogP contribution in [0.5, 0.6) is 0 Å². The van der Waals surface area contributed by atoms with Crippen molar-refractivity contribution in [2.24, 2.45) is 0 Å². The van der Waals surface area contributed by atoms with Crippen LogP contribution in [-0.4, -0.2) is 37.2 Å². The highest BCUT2D eigenvalue weighted by molar-refractivity contribution is 7.98. The van der Waals surface area contributed by atoms with Gasteiger partial charge in [-0.25, -0.2) is 0 Å². The fourth-order valence-electron chi connectivity index (χ4n) is 1.60. The highest BCUT2D eigenvalue weighted by Gasteiger charge is 2.32. The zero-order valence-electron chi connectivity index (χ0n) is 10.3. The fourth-order valence-corrected chi connectivity index (χ4v) is 2.10. The molecule has 1 atom stereocenters. The third-order valence-corrected chi connectivity index (χ3v) is 3.18. The number of nitrogens with one attached hydrogen (secondary N) is 1. The molecule has 0 aliphatic heterocycles. The van der Waals surface area contributed by atoms with Gasteiger partial charge in [-0.15, -0.1) is 0 Å². The molecule has 0 amide bonds. The van der Waals surface area contributed by atoms with Crippen LogP contribution in [0.2, 0.25) is 0 Å². The van der Waals surface area contributed by atoms with E-state index < -0.39 is 5.54 Å². The molecule has 0 saturated carbocycles. The van der Waals surface area contributed by atoms with Crippen LogP contribution >= 0.6 is 11.8 Å². The van der Waals surface area contributed by atoms with E-state index in [4.69, 9.17) is 4.74 Å². The van der Waals surface area contributed by atoms with Crippen LogP contribution in [0.1, 0.15) is 33.1 Å². The normalized spacial score (nSPS) is 14.7. The first kappa shape index (κ1) is 14.8. The molecule has 0 aromatic rings. The molecule has 0 aliphatic carbocycles. The van der Waals surface area contributed by atoms with Gasteiger partial charge in [0.2, 0.25) is 0 Å². The maximum absolute atomic E-state index is 11.6. The number of unbranched alkanes of at least 4 members (excludes halogenated alkanes) is 1. The highest BCUT2D eigenvalue weighted by atomic mass is 32.2. The van der Waals surface area contributed by atoms with Crippen molar-refractivity contribution in [3.05, 3.63) is 0 Å². The fraction of sp³-hybridized carbons (Fsp3) is 0.909. The summed E-state index contributed by atoms with van der Waals surface area (Å²) in [4.78, 5) is 11.6. The maximum Gasteiger partial charge on any atom is 0.325 e. The summed E-state index contributed by atoms with van der Waals surface area (Å²) in [5, 5.41) is 3.21. The smallest absolute Gasteiger partial charge is 0.325 e. The Morgan fingerprint density at radius 1 is 1.47 bits per heavy atom. The van der Waals surface area contributed by atoms with Crippen molar-refractivity contribution in [3.8, 4) is 0 Å². The van der Waals surface area contributed by atoms with Crippen molar-refractivity contribution in [1.29, 1.82) is 0 Å². The van der Waals surface area contributed by atoms with E-state index in [0.717, 1.165) is 31.6 Å². The summed E-state index contributed by atoms with van der Waals surface area (Å²) in [5.41, 5.74) is -0.512. The first-order chi connectivity index (χ1) is 7.10. The van der Waals surface area contributed by atoms with Crippen molar-refractivity contribution in [2.75, 3.05) is 25.7 Å². The number of esters is 1. The molecule has 90 valence electrons. The minimum atomic E-state index is -0.512. The van der Waals surface area contributed by atoms with Gasteiger partial charge >= 0.3 is 5.97 Å². The van der Waals surface area contributed by atoms with Gasteiger partial charge in [0.05, 0.1) is 7.11 Å². The Hall–Kier alpha value is -0.220. The van der Waals surface area contributed by atoms with Crippen LogP contribution in [0.25, 0.3) is 0 Å². The largest absolute Gasteiger partial charge is 0.468 e. The summed E-state index contributed by atoms with van der Waals surface area (Å²) < 4.78 is 4.82. The van der Waals surface area contributed by atoms with Gasteiger partial charge < -0.3 is 10.1 Å². The van der Waals surface area contributed by atoms with Crippen LogP contribution in [-0.2, 0) is 9.53 Å². The zero-order valence-corrected chi connectivity index (χ0v) is 11.1. The Balaban J connectivity index is 4.07. The van der Waals surface area contributed by atoms with Crippen molar-refractivity contribution in [3.63, 3.8) is 0 Å². The molecule has 0 radical (unpaired) electrons. The molecule has 0 rings (SSSR count). The summed E-state index contributed by atoms with van der Waals surface area (Å²) >= 11 is 1.84. The monoisotopic (exact) mass is 233 g/mol. The van der Waals surface area contributed by atoms with E-state index in [-0.39, 0.29) is 5.97 Å². The topological polar surface area (TPSA) is 38.3 Å². The van der Waals surface area contributed by atoms with E-state index in [0.29, 0.717) is 0 Å². The third kappa shape index (κ3) is 5.42. The van der Waals surface area contributed by atoms with E-state index in [1.807, 2.05) is 25.6 Å². The molecule has 0 spiro atoms. The van der Waals surface area contributed by atoms with Crippen LogP contribution in [0.15, 0.2) is 0 Å². The van der Waals surface area contributed by atoms with Crippen molar-refractivity contribution in [2.45, 2.75) is 38.6 Å². The SMILES string of the molecule is CCNC(C)(CCCCSC)C(=O)OC. The molecular formula is C11H23NO2S. The van der Waals surface area contributed by atoms with Crippen molar-refractivity contribution in [1.82, 2.24) is 5.32 Å². The number of ether oxygens (including phenoxy) is 1. The summed E-state index contributed by atoms with van der Waals surface area (Å²) in [5.74, 6) is 0.997. The Kier molecular flexibility index (Phi) is 7.88. The van der Waals surface area contributed by atoms with E-state index in [9.17, 15) is 4.79 Å². The summed E-state index contributed by atoms with van der Waals surface area (Å²) in [6.45, 7) is 4.71. The summed E-state index contributed by atoms with van der Waals surface area (Å²) in [6.07, 6.45) is 5.15. The number of methoxy groups -OCH3 is 1. The Labute approximate surface area is 97.3 Å². The van der Waals surface area contributed by atoms with Gasteiger partial charge in [0.15, 0.2) is 0 Å². The van der Waals surface area contributed by atoms with Gasteiger partial charge in [-0.3, -0.25) is 4.79 Å². The van der Waals surface area contributed by atoms with Crippen LogP contribution in [0.3, 0.4) is 0 Å². The predicted octanol–water partition coefficient (Wildman–Crippen LogP) is 2.06. The van der Waals surface area contributed by atoms with Gasteiger partial charge in [0.25, 0.3) is 0 Å². The van der Waals surface area contributed by atoms with Crippen molar-refractivity contribution < 1.29 is 9.53 Å². The lowest BCUT2D eigenvalue weighted by Crippen LogP contribution is -2.50. The quantitative estimate of drug-likeness (QED) is 0.514. The molecule has 0 aliphatic rings. The average Bonchev–Trinajstić information content (AvgIpc) is 2.23. The van der Waals surface area contributed by atoms with E-state index in [2.05, 4.69) is 11.6 Å². The number of carbonyl (C=O) groups is 1. The first-order valence-corrected chi connectivity index (χ1v) is 6.82. The van der Waals surface area contributed by atoms with E-state index in [1.54, 1.807) is 0 Å². The van der Waals surface area contributed by atoms with Gasteiger partial charge in [0, 0.05) is 0 Å². The number of hydrogen-bond acceptors (Lipinski definition) is 4. The van der Waals surface area contributed by atoms with Gasteiger partial charge in [-0.05, 0) is 38.3 Å². The molecule has 0 aromatic heterocycles. The Morgan fingerprint density at radius 3 is 2.60 bits per heavy atom. The molecule has 0 aromatic carbocycles. The molecule has 1 unspecified atom stereocenters. The second-order valence-corrected chi connectivity index (χ2v) is 4.79. The lowest BCUT2D eigenvalue weighted by molar-refractivity contribution is -0.148.